The van der Waals surface area contributed by atoms with Crippen molar-refractivity contribution in [2.75, 3.05) is 6.61 Å². The van der Waals surface area contributed by atoms with Crippen LogP contribution in [0.4, 0.5) is 0 Å². The zero-order valence-corrected chi connectivity index (χ0v) is 29.9. The number of piperidine rings is 1. The Morgan fingerprint density at radius 2 is 1.00 bits per heavy atom. The summed E-state index contributed by atoms with van der Waals surface area (Å²) in [6.45, 7) is 12.3. The fourth-order valence-electron chi connectivity index (χ4n) is 7.72. The van der Waals surface area contributed by atoms with Gasteiger partial charge in [0.2, 0.25) is 0 Å². The summed E-state index contributed by atoms with van der Waals surface area (Å²) >= 11 is 0. The van der Waals surface area contributed by atoms with E-state index in [0.717, 1.165) is 31.6 Å². The Labute approximate surface area is 269 Å². The van der Waals surface area contributed by atoms with Crippen LogP contribution in [0.2, 0.25) is 0 Å². The lowest BCUT2D eigenvalue weighted by Crippen LogP contribution is -2.57. The second kappa shape index (κ2) is 25.6. The van der Waals surface area contributed by atoms with Crippen LogP contribution in [0.3, 0.4) is 0 Å². The summed E-state index contributed by atoms with van der Waals surface area (Å²) < 4.78 is 5.67. The molecule has 0 aromatic carbocycles. The van der Waals surface area contributed by atoms with Gasteiger partial charge in [-0.2, -0.15) is 0 Å². The van der Waals surface area contributed by atoms with E-state index in [-0.39, 0.29) is 0 Å². The van der Waals surface area contributed by atoms with Crippen LogP contribution in [-0.4, -0.2) is 34.9 Å². The van der Waals surface area contributed by atoms with Crippen molar-refractivity contribution in [1.29, 1.82) is 0 Å². The van der Waals surface area contributed by atoms with Crippen LogP contribution in [0, 0.1) is 5.92 Å². The van der Waals surface area contributed by atoms with E-state index < -0.39 is 12.1 Å². The van der Waals surface area contributed by atoms with Gasteiger partial charge in [-0.15, -0.1) is 0 Å². The number of nitrogens with one attached hydrogen (secondary N) is 1. The van der Waals surface area contributed by atoms with Crippen molar-refractivity contribution >= 4 is 5.97 Å². The van der Waals surface area contributed by atoms with Gasteiger partial charge in [0.1, 0.15) is 0 Å². The molecule has 1 rings (SSSR count). The molecule has 2 N–H and O–H groups in total. The van der Waals surface area contributed by atoms with Gasteiger partial charge in [0.05, 0.1) is 0 Å². The zero-order chi connectivity index (χ0) is 31.7. The second-order valence-electron chi connectivity index (χ2n) is 15.6. The quantitative estimate of drug-likeness (QED) is 0.0797. The minimum atomic E-state index is -0.784. The van der Waals surface area contributed by atoms with E-state index >= 15 is 0 Å². The second-order valence-corrected chi connectivity index (χ2v) is 15.6. The van der Waals surface area contributed by atoms with Crippen LogP contribution in [0.5, 0.6) is 0 Å². The van der Waals surface area contributed by atoms with Crippen LogP contribution >= 0.6 is 0 Å². The molecular weight excluding hydrogens is 530 g/mol. The lowest BCUT2D eigenvalue weighted by molar-refractivity contribution is -0.151. The SMILES string of the molecule is CCCCCCCCOC(CCCCCCCCCCCCCCCCCCCCC1CC(C)(C)NC(C)(C)C1)C(=O)O. The van der Waals surface area contributed by atoms with E-state index in [2.05, 4.69) is 39.9 Å². The number of carboxylic acids is 1. The smallest absolute Gasteiger partial charge is 0.332 e. The van der Waals surface area contributed by atoms with Crippen molar-refractivity contribution in [2.24, 2.45) is 5.92 Å². The molecule has 0 saturated carbocycles. The standard InChI is InChI=1S/C39H77NO3/c1-6-7-8-9-26-29-32-43-36(37(41)42)31-28-25-23-21-19-17-15-13-11-10-12-14-16-18-20-22-24-27-30-35-33-38(2,3)40-39(4,5)34-35/h35-36,40H,6-34H2,1-5H3,(H,41,42). The molecule has 1 atom stereocenters. The third-order valence-electron chi connectivity index (χ3n) is 9.70. The fraction of sp³-hybridized carbons (Fsp3) is 0.974. The number of ether oxygens (including phenoxy) is 1. The summed E-state index contributed by atoms with van der Waals surface area (Å²) in [4.78, 5) is 11.5. The maximum atomic E-state index is 11.5. The van der Waals surface area contributed by atoms with Crippen molar-refractivity contribution < 1.29 is 14.6 Å². The molecule has 1 aliphatic heterocycles. The molecular formula is C39H77NO3. The molecule has 0 amide bonds. The predicted molar refractivity (Wildman–Crippen MR) is 187 cm³/mol. The Morgan fingerprint density at radius 3 is 1.42 bits per heavy atom. The van der Waals surface area contributed by atoms with Gasteiger partial charge in [0, 0.05) is 17.7 Å². The molecule has 1 heterocycles. The number of hydrogen-bond acceptors (Lipinski definition) is 3. The highest BCUT2D eigenvalue weighted by molar-refractivity contribution is 5.72. The molecule has 1 unspecified atom stereocenters. The van der Waals surface area contributed by atoms with Gasteiger partial charge in [-0.3, -0.25) is 0 Å². The lowest BCUT2D eigenvalue weighted by atomic mass is 9.74. The van der Waals surface area contributed by atoms with Crippen LogP contribution in [-0.2, 0) is 9.53 Å². The highest BCUT2D eigenvalue weighted by atomic mass is 16.5. The molecule has 0 bridgehead atoms. The number of carboxylic acid groups (broad SMARTS) is 1. The molecule has 4 nitrogen and oxygen atoms in total. The normalized spacial score (nSPS) is 17.3. The van der Waals surface area contributed by atoms with E-state index in [1.807, 2.05) is 0 Å². The van der Waals surface area contributed by atoms with E-state index in [0.29, 0.717) is 24.1 Å². The van der Waals surface area contributed by atoms with E-state index in [9.17, 15) is 9.90 Å². The average molecular weight is 608 g/mol. The summed E-state index contributed by atoms with van der Waals surface area (Å²) in [6.07, 6.45) is 35.9. The van der Waals surface area contributed by atoms with Gasteiger partial charge in [-0.05, 0) is 59.3 Å². The van der Waals surface area contributed by atoms with E-state index in [1.165, 1.54) is 148 Å². The first-order valence-electron chi connectivity index (χ1n) is 19.3. The van der Waals surface area contributed by atoms with Gasteiger partial charge in [-0.25, -0.2) is 4.79 Å². The average Bonchev–Trinajstić information content (AvgIpc) is 2.92. The molecule has 0 aliphatic carbocycles. The highest BCUT2D eigenvalue weighted by Gasteiger charge is 2.37. The number of unbranched alkanes of at least 4 members (excludes halogenated alkanes) is 22. The third-order valence-corrected chi connectivity index (χ3v) is 9.70. The third kappa shape index (κ3) is 24.3. The Kier molecular flexibility index (Phi) is 24.0. The van der Waals surface area contributed by atoms with Crippen molar-refractivity contribution in [3.63, 3.8) is 0 Å². The maximum absolute atomic E-state index is 11.5. The monoisotopic (exact) mass is 608 g/mol. The molecule has 256 valence electrons. The Morgan fingerprint density at radius 1 is 0.628 bits per heavy atom. The molecule has 1 saturated heterocycles. The first-order valence-corrected chi connectivity index (χ1v) is 19.3. The Balaban J connectivity index is 1.80. The Hall–Kier alpha value is -0.610. The van der Waals surface area contributed by atoms with Gasteiger partial charge in [0.25, 0.3) is 0 Å². The molecule has 43 heavy (non-hydrogen) atoms. The number of carbonyl (C=O) groups is 1. The van der Waals surface area contributed by atoms with Gasteiger partial charge >= 0.3 is 5.97 Å². The molecule has 1 fully saturated rings. The van der Waals surface area contributed by atoms with Crippen LogP contribution < -0.4 is 5.32 Å². The van der Waals surface area contributed by atoms with E-state index in [4.69, 9.17) is 4.74 Å². The van der Waals surface area contributed by atoms with Crippen LogP contribution in [0.15, 0.2) is 0 Å². The van der Waals surface area contributed by atoms with Crippen molar-refractivity contribution in [3.8, 4) is 0 Å². The predicted octanol–water partition coefficient (Wildman–Crippen LogP) is 12.2. The summed E-state index contributed by atoms with van der Waals surface area (Å²) in [5.74, 6) is 0.120. The fourth-order valence-corrected chi connectivity index (χ4v) is 7.72. The molecule has 0 aromatic rings. The first-order chi connectivity index (χ1) is 20.7. The maximum Gasteiger partial charge on any atom is 0.332 e. The Bertz CT molecular complexity index is 630. The molecule has 1 aliphatic rings. The number of aliphatic carboxylic acids is 1. The topological polar surface area (TPSA) is 58.6 Å². The summed E-state index contributed by atoms with van der Waals surface area (Å²) in [6, 6.07) is 0. The lowest BCUT2D eigenvalue weighted by Gasteiger charge is -2.46. The van der Waals surface area contributed by atoms with Crippen molar-refractivity contribution in [1.82, 2.24) is 5.32 Å². The van der Waals surface area contributed by atoms with Crippen LogP contribution in [0.1, 0.15) is 214 Å². The zero-order valence-electron chi connectivity index (χ0n) is 29.9. The molecule has 0 spiro atoms. The van der Waals surface area contributed by atoms with Crippen LogP contribution in [0.25, 0.3) is 0 Å². The van der Waals surface area contributed by atoms with Gasteiger partial charge < -0.3 is 15.2 Å². The van der Waals surface area contributed by atoms with Gasteiger partial charge in [0.15, 0.2) is 6.10 Å². The highest BCUT2D eigenvalue weighted by Crippen LogP contribution is 2.35. The van der Waals surface area contributed by atoms with Crippen molar-refractivity contribution in [3.05, 3.63) is 0 Å². The molecule has 4 heteroatoms. The molecule has 0 aromatic heterocycles. The summed E-state index contributed by atoms with van der Waals surface area (Å²) in [7, 11) is 0. The van der Waals surface area contributed by atoms with Crippen molar-refractivity contribution in [2.45, 2.75) is 232 Å². The minimum absolute atomic E-state index is 0.298. The number of rotatable bonds is 30. The minimum Gasteiger partial charge on any atom is -0.479 e. The largest absolute Gasteiger partial charge is 0.479 e. The number of hydrogen-bond donors (Lipinski definition) is 2. The summed E-state index contributed by atoms with van der Waals surface area (Å²) in [5.41, 5.74) is 0.597. The molecule has 0 radical (unpaired) electrons. The van der Waals surface area contributed by atoms with Gasteiger partial charge in [-0.1, -0.05) is 161 Å². The van der Waals surface area contributed by atoms with E-state index in [1.54, 1.807) is 0 Å². The summed E-state index contributed by atoms with van der Waals surface area (Å²) in [5, 5.41) is 13.3. The first kappa shape index (κ1) is 40.4.